The first-order valence-electron chi connectivity index (χ1n) is 5.54. The Balaban J connectivity index is 2.28. The maximum absolute atomic E-state index is 10.8. The van der Waals surface area contributed by atoms with Gasteiger partial charge in [0.2, 0.25) is 0 Å². The van der Waals surface area contributed by atoms with Gasteiger partial charge in [-0.1, -0.05) is 30.0 Å². The highest BCUT2D eigenvalue weighted by atomic mass is 16.5. The standard InChI is InChI=1S/C16H12O2/c1-18-16-10-7-13(8-11-16)6-9-14-4-2-3-5-15(14)12-17/h2-5,7-8,10-12H,1H3. The number of methoxy groups -OCH3 is 1. The van der Waals surface area contributed by atoms with Gasteiger partial charge < -0.3 is 4.74 Å². The van der Waals surface area contributed by atoms with E-state index in [1.54, 1.807) is 13.2 Å². The summed E-state index contributed by atoms with van der Waals surface area (Å²) in [5.41, 5.74) is 2.23. The number of rotatable bonds is 2. The maximum Gasteiger partial charge on any atom is 0.151 e. The molecule has 0 aliphatic heterocycles. The van der Waals surface area contributed by atoms with Crippen LogP contribution < -0.4 is 4.74 Å². The molecule has 0 amide bonds. The van der Waals surface area contributed by atoms with E-state index < -0.39 is 0 Å². The quantitative estimate of drug-likeness (QED) is 0.592. The van der Waals surface area contributed by atoms with Crippen LogP contribution in [0.3, 0.4) is 0 Å². The van der Waals surface area contributed by atoms with Gasteiger partial charge in [0, 0.05) is 16.7 Å². The molecule has 88 valence electrons. The summed E-state index contributed by atoms with van der Waals surface area (Å²) in [7, 11) is 1.63. The zero-order chi connectivity index (χ0) is 12.8. The van der Waals surface area contributed by atoms with Gasteiger partial charge in [0.25, 0.3) is 0 Å². The molecule has 2 heteroatoms. The molecule has 2 aromatic carbocycles. The number of aldehydes is 1. The third-order valence-corrected chi connectivity index (χ3v) is 2.52. The summed E-state index contributed by atoms with van der Waals surface area (Å²) in [5, 5.41) is 0. The normalized spacial score (nSPS) is 9.17. The Kier molecular flexibility index (Phi) is 3.78. The van der Waals surface area contributed by atoms with Gasteiger partial charge in [-0.2, -0.15) is 0 Å². The van der Waals surface area contributed by atoms with Crippen molar-refractivity contribution in [3.63, 3.8) is 0 Å². The Bertz CT molecular complexity index is 601. The predicted octanol–water partition coefficient (Wildman–Crippen LogP) is 2.91. The first-order valence-corrected chi connectivity index (χ1v) is 5.54. The van der Waals surface area contributed by atoms with E-state index in [4.69, 9.17) is 4.74 Å². The minimum atomic E-state index is 0.610. The average molecular weight is 236 g/mol. The maximum atomic E-state index is 10.8. The molecule has 0 unspecified atom stereocenters. The van der Waals surface area contributed by atoms with Crippen LogP contribution in [-0.2, 0) is 0 Å². The fourth-order valence-corrected chi connectivity index (χ4v) is 1.53. The Morgan fingerprint density at radius 3 is 2.39 bits per heavy atom. The number of benzene rings is 2. The van der Waals surface area contributed by atoms with Crippen LogP contribution in [0.2, 0.25) is 0 Å². The third-order valence-electron chi connectivity index (χ3n) is 2.52. The van der Waals surface area contributed by atoms with Gasteiger partial charge in [-0.3, -0.25) is 4.79 Å². The Morgan fingerprint density at radius 2 is 1.72 bits per heavy atom. The lowest BCUT2D eigenvalue weighted by Gasteiger charge is -1.98. The van der Waals surface area contributed by atoms with Gasteiger partial charge in [0.1, 0.15) is 5.75 Å². The molecular weight excluding hydrogens is 224 g/mol. The fourth-order valence-electron chi connectivity index (χ4n) is 1.53. The van der Waals surface area contributed by atoms with Crippen molar-refractivity contribution in [1.29, 1.82) is 0 Å². The van der Waals surface area contributed by atoms with E-state index in [0.717, 1.165) is 23.2 Å². The monoisotopic (exact) mass is 236 g/mol. The van der Waals surface area contributed by atoms with E-state index in [0.29, 0.717) is 5.56 Å². The zero-order valence-corrected chi connectivity index (χ0v) is 10.0. The molecule has 0 atom stereocenters. The number of carbonyl (C=O) groups excluding carboxylic acids is 1. The summed E-state index contributed by atoms with van der Waals surface area (Å²) < 4.78 is 5.07. The predicted molar refractivity (Wildman–Crippen MR) is 70.8 cm³/mol. The third kappa shape index (κ3) is 2.78. The zero-order valence-electron chi connectivity index (χ0n) is 10.0. The van der Waals surface area contributed by atoms with E-state index >= 15 is 0 Å². The molecule has 2 rings (SSSR count). The molecule has 0 saturated heterocycles. The molecule has 0 aliphatic carbocycles. The lowest BCUT2D eigenvalue weighted by atomic mass is 10.1. The van der Waals surface area contributed by atoms with Crippen molar-refractivity contribution in [1.82, 2.24) is 0 Å². The van der Waals surface area contributed by atoms with Crippen LogP contribution in [0.15, 0.2) is 48.5 Å². The molecule has 0 spiro atoms. The van der Waals surface area contributed by atoms with E-state index in [1.165, 1.54) is 0 Å². The van der Waals surface area contributed by atoms with Gasteiger partial charge in [-0.05, 0) is 30.3 Å². The molecule has 0 aromatic heterocycles. The highest BCUT2D eigenvalue weighted by Crippen LogP contribution is 2.11. The topological polar surface area (TPSA) is 26.3 Å². The molecule has 0 bridgehead atoms. The number of carbonyl (C=O) groups is 1. The van der Waals surface area contributed by atoms with Crippen LogP contribution in [0.25, 0.3) is 0 Å². The van der Waals surface area contributed by atoms with Gasteiger partial charge in [-0.15, -0.1) is 0 Å². The van der Waals surface area contributed by atoms with Crippen molar-refractivity contribution in [3.05, 3.63) is 65.2 Å². The van der Waals surface area contributed by atoms with Crippen LogP contribution in [0.1, 0.15) is 21.5 Å². The van der Waals surface area contributed by atoms with Crippen LogP contribution in [0.5, 0.6) is 5.75 Å². The van der Waals surface area contributed by atoms with E-state index in [2.05, 4.69) is 11.8 Å². The molecule has 2 nitrogen and oxygen atoms in total. The highest BCUT2D eigenvalue weighted by Gasteiger charge is 1.95. The molecule has 0 radical (unpaired) electrons. The molecule has 0 saturated carbocycles. The van der Waals surface area contributed by atoms with Crippen LogP contribution >= 0.6 is 0 Å². The largest absolute Gasteiger partial charge is 0.497 e. The number of hydrogen-bond donors (Lipinski definition) is 0. The smallest absolute Gasteiger partial charge is 0.151 e. The van der Waals surface area contributed by atoms with Gasteiger partial charge >= 0.3 is 0 Å². The number of ether oxygens (including phenoxy) is 1. The molecule has 0 N–H and O–H groups in total. The first kappa shape index (κ1) is 11.9. The number of hydrogen-bond acceptors (Lipinski definition) is 2. The summed E-state index contributed by atoms with van der Waals surface area (Å²) in [6.45, 7) is 0. The van der Waals surface area contributed by atoms with Crippen molar-refractivity contribution in [2.45, 2.75) is 0 Å². The molecular formula is C16H12O2. The molecule has 0 fully saturated rings. The molecule has 0 heterocycles. The second-order valence-electron chi connectivity index (χ2n) is 3.68. The highest BCUT2D eigenvalue weighted by molar-refractivity contribution is 5.79. The van der Waals surface area contributed by atoms with Crippen molar-refractivity contribution in [3.8, 4) is 17.6 Å². The minimum Gasteiger partial charge on any atom is -0.497 e. The average Bonchev–Trinajstić information content (AvgIpc) is 2.46. The van der Waals surface area contributed by atoms with Crippen LogP contribution in [0.4, 0.5) is 0 Å². The molecule has 0 aliphatic rings. The van der Waals surface area contributed by atoms with Gasteiger partial charge in [0.05, 0.1) is 7.11 Å². The lowest BCUT2D eigenvalue weighted by Crippen LogP contribution is -1.86. The minimum absolute atomic E-state index is 0.610. The van der Waals surface area contributed by atoms with E-state index in [9.17, 15) is 4.79 Å². The van der Waals surface area contributed by atoms with Crippen LogP contribution in [-0.4, -0.2) is 13.4 Å². The van der Waals surface area contributed by atoms with Crippen molar-refractivity contribution in [2.75, 3.05) is 7.11 Å². The summed E-state index contributed by atoms with van der Waals surface area (Å²) in [6.07, 6.45) is 0.817. The van der Waals surface area contributed by atoms with Crippen molar-refractivity contribution in [2.24, 2.45) is 0 Å². The summed E-state index contributed by atoms with van der Waals surface area (Å²) in [4.78, 5) is 10.8. The Morgan fingerprint density at radius 1 is 1.00 bits per heavy atom. The van der Waals surface area contributed by atoms with E-state index in [-0.39, 0.29) is 0 Å². The van der Waals surface area contributed by atoms with Crippen LogP contribution in [0, 0.1) is 11.8 Å². The Hall–Kier alpha value is -2.53. The van der Waals surface area contributed by atoms with Crippen molar-refractivity contribution < 1.29 is 9.53 Å². The molecule has 18 heavy (non-hydrogen) atoms. The SMILES string of the molecule is COc1ccc(C#Cc2ccccc2C=O)cc1. The van der Waals surface area contributed by atoms with Crippen molar-refractivity contribution >= 4 is 6.29 Å². The van der Waals surface area contributed by atoms with Gasteiger partial charge in [-0.25, -0.2) is 0 Å². The molecule has 2 aromatic rings. The summed E-state index contributed by atoms with van der Waals surface area (Å²) in [5.74, 6) is 6.82. The van der Waals surface area contributed by atoms with E-state index in [1.807, 2.05) is 42.5 Å². The second-order valence-corrected chi connectivity index (χ2v) is 3.68. The first-order chi connectivity index (χ1) is 8.83. The summed E-state index contributed by atoms with van der Waals surface area (Å²) in [6, 6.07) is 14.8. The lowest BCUT2D eigenvalue weighted by molar-refractivity contribution is 0.112. The van der Waals surface area contributed by atoms with Gasteiger partial charge in [0.15, 0.2) is 6.29 Å². The second kappa shape index (κ2) is 5.70. The summed E-state index contributed by atoms with van der Waals surface area (Å²) >= 11 is 0. The Labute approximate surface area is 106 Å². The fraction of sp³-hybridized carbons (Fsp3) is 0.0625.